The van der Waals surface area contributed by atoms with Gasteiger partial charge in [-0.2, -0.15) is 5.10 Å². The lowest BCUT2D eigenvalue weighted by Gasteiger charge is -2.07. The molecule has 2 nitrogen and oxygen atoms in total. The van der Waals surface area contributed by atoms with Crippen molar-refractivity contribution in [2.75, 3.05) is 0 Å². The number of halogens is 3. The SMILES string of the molecule is ClCc1c(C2CCCC2)nn(-c2ccccc2Br)c1Cl. The van der Waals surface area contributed by atoms with Gasteiger partial charge in [0.05, 0.1) is 17.3 Å². The first-order valence-electron chi connectivity index (χ1n) is 6.80. The van der Waals surface area contributed by atoms with Gasteiger partial charge < -0.3 is 0 Å². The van der Waals surface area contributed by atoms with Gasteiger partial charge in [0.25, 0.3) is 0 Å². The van der Waals surface area contributed by atoms with Crippen LogP contribution in [0.4, 0.5) is 0 Å². The fourth-order valence-electron chi connectivity index (χ4n) is 2.88. The molecule has 1 aromatic heterocycles. The molecule has 1 aliphatic carbocycles. The molecule has 1 fully saturated rings. The number of benzene rings is 1. The van der Waals surface area contributed by atoms with Gasteiger partial charge in [0, 0.05) is 16.0 Å². The fourth-order valence-corrected chi connectivity index (χ4v) is 3.96. The molecule has 1 aromatic carbocycles. The minimum absolute atomic E-state index is 0.412. The van der Waals surface area contributed by atoms with E-state index < -0.39 is 0 Å². The topological polar surface area (TPSA) is 17.8 Å². The Morgan fingerprint density at radius 1 is 1.25 bits per heavy atom. The van der Waals surface area contributed by atoms with Crippen LogP contribution in [0.5, 0.6) is 0 Å². The normalized spacial score (nSPS) is 15.9. The van der Waals surface area contributed by atoms with Crippen LogP contribution in [0.15, 0.2) is 28.7 Å². The van der Waals surface area contributed by atoms with Crippen molar-refractivity contribution in [1.82, 2.24) is 9.78 Å². The van der Waals surface area contributed by atoms with Crippen LogP contribution >= 0.6 is 39.1 Å². The maximum Gasteiger partial charge on any atom is 0.137 e. The maximum absolute atomic E-state index is 6.51. The molecule has 0 amide bonds. The summed E-state index contributed by atoms with van der Waals surface area (Å²) in [5.74, 6) is 0.916. The van der Waals surface area contributed by atoms with Crippen LogP contribution in [-0.2, 0) is 5.88 Å². The number of rotatable bonds is 3. The molecule has 0 aliphatic heterocycles. The summed E-state index contributed by atoms with van der Waals surface area (Å²) in [6, 6.07) is 7.95. The van der Waals surface area contributed by atoms with Crippen molar-refractivity contribution in [3.05, 3.63) is 45.1 Å². The molecule has 0 N–H and O–H groups in total. The highest BCUT2D eigenvalue weighted by atomic mass is 79.9. The van der Waals surface area contributed by atoms with Crippen LogP contribution in [0.3, 0.4) is 0 Å². The van der Waals surface area contributed by atoms with Crippen LogP contribution in [-0.4, -0.2) is 9.78 Å². The quantitative estimate of drug-likeness (QED) is 0.632. The summed E-state index contributed by atoms with van der Waals surface area (Å²) >= 11 is 16.2. The maximum atomic E-state index is 6.51. The largest absolute Gasteiger partial charge is 0.220 e. The molecule has 0 atom stereocenters. The summed E-state index contributed by atoms with van der Waals surface area (Å²) in [4.78, 5) is 0. The van der Waals surface area contributed by atoms with E-state index >= 15 is 0 Å². The Labute approximate surface area is 137 Å². The van der Waals surface area contributed by atoms with Crippen molar-refractivity contribution in [3.63, 3.8) is 0 Å². The molecule has 0 radical (unpaired) electrons. The number of hydrogen-bond donors (Lipinski definition) is 0. The summed E-state index contributed by atoms with van der Waals surface area (Å²) < 4.78 is 2.78. The standard InChI is InChI=1S/C15H15BrCl2N2/c16-12-7-3-4-8-13(12)20-15(18)11(9-17)14(19-20)10-5-1-2-6-10/h3-4,7-8,10H,1-2,5-6,9H2. The van der Waals surface area contributed by atoms with E-state index in [2.05, 4.69) is 15.9 Å². The molecule has 106 valence electrons. The number of hydrogen-bond acceptors (Lipinski definition) is 1. The Balaban J connectivity index is 2.11. The minimum atomic E-state index is 0.412. The lowest BCUT2D eigenvalue weighted by Crippen LogP contribution is -2.00. The van der Waals surface area contributed by atoms with Gasteiger partial charge in [-0.1, -0.05) is 36.6 Å². The van der Waals surface area contributed by atoms with E-state index in [0.29, 0.717) is 17.0 Å². The summed E-state index contributed by atoms with van der Waals surface area (Å²) in [5, 5.41) is 5.40. The lowest BCUT2D eigenvalue weighted by atomic mass is 10.0. The summed E-state index contributed by atoms with van der Waals surface area (Å²) in [5.41, 5.74) is 3.02. The number of aromatic nitrogens is 2. The predicted octanol–water partition coefficient (Wildman–Crippen LogP) is 5.68. The number of alkyl halides is 1. The van der Waals surface area contributed by atoms with Gasteiger partial charge in [-0.25, -0.2) is 4.68 Å². The van der Waals surface area contributed by atoms with Crippen LogP contribution in [0.25, 0.3) is 5.69 Å². The summed E-state index contributed by atoms with van der Waals surface area (Å²) in [7, 11) is 0. The van der Waals surface area contributed by atoms with Gasteiger partial charge in [0.15, 0.2) is 0 Å². The Morgan fingerprint density at radius 3 is 2.60 bits per heavy atom. The average Bonchev–Trinajstić information content (AvgIpc) is 3.07. The molecular weight excluding hydrogens is 359 g/mol. The van der Waals surface area contributed by atoms with E-state index in [1.165, 1.54) is 25.7 Å². The van der Waals surface area contributed by atoms with Gasteiger partial charge in [-0.05, 0) is 40.9 Å². The predicted molar refractivity (Wildman–Crippen MR) is 87.0 cm³/mol. The van der Waals surface area contributed by atoms with Crippen molar-refractivity contribution in [1.29, 1.82) is 0 Å². The van der Waals surface area contributed by atoms with E-state index in [1.54, 1.807) is 4.68 Å². The Bertz CT molecular complexity index is 618. The van der Waals surface area contributed by atoms with Gasteiger partial charge in [-0.15, -0.1) is 11.6 Å². The second kappa shape index (κ2) is 6.08. The first-order valence-corrected chi connectivity index (χ1v) is 8.51. The monoisotopic (exact) mass is 372 g/mol. The van der Waals surface area contributed by atoms with Gasteiger partial charge in [0.1, 0.15) is 5.15 Å². The zero-order chi connectivity index (χ0) is 14.1. The molecule has 0 spiro atoms. The lowest BCUT2D eigenvalue weighted by molar-refractivity contribution is 0.674. The fraction of sp³-hybridized carbons (Fsp3) is 0.400. The number of nitrogens with zero attached hydrogens (tertiary/aromatic N) is 2. The third-order valence-electron chi connectivity index (χ3n) is 3.91. The summed E-state index contributed by atoms with van der Waals surface area (Å²) in [6.45, 7) is 0. The van der Waals surface area contributed by atoms with Crippen LogP contribution < -0.4 is 0 Å². The average molecular weight is 374 g/mol. The molecule has 0 saturated heterocycles. The zero-order valence-corrected chi connectivity index (χ0v) is 14.0. The van der Waals surface area contributed by atoms with E-state index in [1.807, 2.05) is 24.3 Å². The first-order chi connectivity index (χ1) is 9.72. The van der Waals surface area contributed by atoms with Crippen LogP contribution in [0.1, 0.15) is 42.9 Å². The molecular formula is C15H15BrCl2N2. The zero-order valence-electron chi connectivity index (χ0n) is 11.0. The van der Waals surface area contributed by atoms with Gasteiger partial charge in [-0.3, -0.25) is 0 Å². The van der Waals surface area contributed by atoms with Crippen LogP contribution in [0, 0.1) is 0 Å². The van der Waals surface area contributed by atoms with E-state index in [4.69, 9.17) is 28.3 Å². The van der Waals surface area contributed by atoms with Crippen LogP contribution in [0.2, 0.25) is 5.15 Å². The minimum Gasteiger partial charge on any atom is -0.220 e. The summed E-state index contributed by atoms with van der Waals surface area (Å²) in [6.07, 6.45) is 4.91. The highest BCUT2D eigenvalue weighted by molar-refractivity contribution is 9.10. The molecule has 0 bridgehead atoms. The molecule has 0 unspecified atom stereocenters. The molecule has 2 aromatic rings. The highest BCUT2D eigenvalue weighted by Gasteiger charge is 2.26. The van der Waals surface area contributed by atoms with E-state index in [9.17, 15) is 0 Å². The number of para-hydroxylation sites is 1. The Hall–Kier alpha value is -0.510. The van der Waals surface area contributed by atoms with Gasteiger partial charge >= 0.3 is 0 Å². The van der Waals surface area contributed by atoms with Crippen molar-refractivity contribution in [2.24, 2.45) is 0 Å². The molecule has 1 saturated carbocycles. The van der Waals surface area contributed by atoms with Crippen molar-refractivity contribution in [2.45, 2.75) is 37.5 Å². The highest BCUT2D eigenvalue weighted by Crippen LogP contribution is 2.39. The molecule has 1 aliphatic rings. The first kappa shape index (κ1) is 14.4. The molecule has 3 rings (SSSR count). The second-order valence-electron chi connectivity index (χ2n) is 5.13. The van der Waals surface area contributed by atoms with E-state index in [-0.39, 0.29) is 0 Å². The third kappa shape index (κ3) is 2.51. The van der Waals surface area contributed by atoms with Crippen molar-refractivity contribution < 1.29 is 0 Å². The molecule has 20 heavy (non-hydrogen) atoms. The van der Waals surface area contributed by atoms with Crippen molar-refractivity contribution >= 4 is 39.1 Å². The Kier molecular flexibility index (Phi) is 4.39. The van der Waals surface area contributed by atoms with Gasteiger partial charge in [0.2, 0.25) is 0 Å². The van der Waals surface area contributed by atoms with E-state index in [0.717, 1.165) is 21.4 Å². The smallest absolute Gasteiger partial charge is 0.137 e. The molecule has 1 heterocycles. The third-order valence-corrected chi connectivity index (χ3v) is 5.23. The van der Waals surface area contributed by atoms with Crippen molar-refractivity contribution in [3.8, 4) is 5.69 Å². The Morgan fingerprint density at radius 2 is 1.95 bits per heavy atom. The second-order valence-corrected chi connectivity index (χ2v) is 6.61. The molecule has 5 heteroatoms.